The molecule has 0 radical (unpaired) electrons. The van der Waals surface area contributed by atoms with Crippen molar-refractivity contribution < 1.29 is 33.4 Å². The largest absolute Gasteiger partial charge is 0.489 e. The minimum absolute atomic E-state index is 0.0799. The summed E-state index contributed by atoms with van der Waals surface area (Å²) in [5.41, 5.74) is 3.41. The van der Waals surface area contributed by atoms with Gasteiger partial charge in [-0.3, -0.25) is 39.1 Å². The van der Waals surface area contributed by atoms with Crippen LogP contribution in [0.15, 0.2) is 54.6 Å². The fourth-order valence-electron chi connectivity index (χ4n) is 10.2. The summed E-state index contributed by atoms with van der Waals surface area (Å²) < 4.78 is 12.6. The molecule has 3 fully saturated rings. The zero-order chi connectivity index (χ0) is 41.3. The van der Waals surface area contributed by atoms with E-state index in [1.165, 1.54) is 0 Å². The van der Waals surface area contributed by atoms with Crippen molar-refractivity contribution in [3.8, 4) is 11.8 Å². The second-order valence-electron chi connectivity index (χ2n) is 17.5. The highest BCUT2D eigenvalue weighted by molar-refractivity contribution is 6.31. The number of hydrogen-bond acceptors (Lipinski definition) is 10. The molecule has 3 aromatic carbocycles. The molecule has 5 amide bonds. The summed E-state index contributed by atoms with van der Waals surface area (Å²) in [6, 6.07) is 17.3. The second-order valence-corrected chi connectivity index (χ2v) is 17.9. The number of amides is 5. The smallest absolute Gasteiger partial charge is 0.262 e. The quantitative estimate of drug-likeness (QED) is 0.274. The summed E-state index contributed by atoms with van der Waals surface area (Å²) in [7, 11) is 1.75. The van der Waals surface area contributed by atoms with Crippen LogP contribution in [0.3, 0.4) is 0 Å². The normalized spacial score (nSPS) is 24.4. The van der Waals surface area contributed by atoms with Crippen LogP contribution >= 0.6 is 11.6 Å². The number of piperidine rings is 2. The van der Waals surface area contributed by atoms with E-state index in [4.69, 9.17) is 21.1 Å². The SMILES string of the molecule is COC1(CN2Cc3cc4c(cc3C2)C(=O)N(C2CCC(=O)NC2=O)C4=O)CCN(c2ccc(C(=O)NC3C(C)(C)C(Oc4ccc(C#N)c(Cl)c4)C3(C)C)cc2)CC1. The van der Waals surface area contributed by atoms with E-state index >= 15 is 0 Å². The van der Waals surface area contributed by atoms with Crippen molar-refractivity contribution in [2.75, 3.05) is 31.6 Å². The van der Waals surface area contributed by atoms with E-state index in [2.05, 4.69) is 54.2 Å². The van der Waals surface area contributed by atoms with E-state index < -0.39 is 29.7 Å². The average Bonchev–Trinajstić information content (AvgIpc) is 3.70. The Morgan fingerprint density at radius 1 is 0.931 bits per heavy atom. The Morgan fingerprint density at radius 3 is 2.10 bits per heavy atom. The van der Waals surface area contributed by atoms with Crippen molar-refractivity contribution in [1.82, 2.24) is 20.4 Å². The van der Waals surface area contributed by atoms with Crippen molar-refractivity contribution in [2.24, 2.45) is 10.8 Å². The van der Waals surface area contributed by atoms with Crippen LogP contribution in [0.1, 0.15) is 101 Å². The van der Waals surface area contributed by atoms with Gasteiger partial charge in [-0.1, -0.05) is 39.3 Å². The highest BCUT2D eigenvalue weighted by Crippen LogP contribution is 2.55. The van der Waals surface area contributed by atoms with E-state index in [9.17, 15) is 29.2 Å². The molecule has 1 saturated carbocycles. The van der Waals surface area contributed by atoms with Crippen molar-refractivity contribution in [2.45, 2.75) is 90.3 Å². The zero-order valence-electron chi connectivity index (χ0n) is 33.3. The summed E-state index contributed by atoms with van der Waals surface area (Å²) in [4.78, 5) is 70.1. The Hall–Kier alpha value is -5.29. The third-order valence-corrected chi connectivity index (χ3v) is 13.4. The summed E-state index contributed by atoms with van der Waals surface area (Å²) in [5, 5.41) is 15.1. The molecule has 4 heterocycles. The standard InChI is InChI=1S/C44H47ClN6O7/c1-42(2)40(43(3,4)41(42)58-30-11-8-26(21-46)33(45)20-30)48-36(53)25-6-9-29(10-7-25)50-16-14-44(57-5,15-17-50)24-49-22-27-18-31-32(19-28(27)23-49)39(56)51(38(31)55)34-12-13-35(52)47-37(34)54/h6-11,18-20,34,40-41H,12-17,22-24H2,1-5H3,(H,48,53)(H,47,52,54). The number of halogens is 1. The van der Waals surface area contributed by atoms with E-state index in [1.54, 1.807) is 37.4 Å². The Bertz CT molecular complexity index is 2210. The molecule has 3 aromatic rings. The van der Waals surface area contributed by atoms with E-state index in [-0.39, 0.29) is 47.3 Å². The van der Waals surface area contributed by atoms with Gasteiger partial charge in [0.2, 0.25) is 11.8 Å². The number of fused-ring (bicyclic) bond motifs is 2. The second kappa shape index (κ2) is 14.5. The van der Waals surface area contributed by atoms with Crippen LogP contribution in [0.2, 0.25) is 5.02 Å². The molecule has 58 heavy (non-hydrogen) atoms. The van der Waals surface area contributed by atoms with Gasteiger partial charge in [-0.15, -0.1) is 0 Å². The summed E-state index contributed by atoms with van der Waals surface area (Å²) in [6.07, 6.45) is 1.58. The summed E-state index contributed by atoms with van der Waals surface area (Å²) in [6.45, 7) is 11.8. The predicted octanol–water partition coefficient (Wildman–Crippen LogP) is 5.23. The maximum Gasteiger partial charge on any atom is 0.262 e. The van der Waals surface area contributed by atoms with E-state index in [0.717, 1.165) is 47.6 Å². The zero-order valence-corrected chi connectivity index (χ0v) is 34.1. The van der Waals surface area contributed by atoms with Crippen LogP contribution in [-0.2, 0) is 27.4 Å². The maximum atomic E-state index is 13.6. The molecule has 13 nitrogen and oxygen atoms in total. The number of nitrogens with one attached hydrogen (secondary N) is 2. The molecule has 0 aromatic heterocycles. The third kappa shape index (κ3) is 6.70. The summed E-state index contributed by atoms with van der Waals surface area (Å²) >= 11 is 6.25. The number of imide groups is 2. The van der Waals surface area contributed by atoms with Gasteiger partial charge in [0.1, 0.15) is 24.0 Å². The highest BCUT2D eigenvalue weighted by atomic mass is 35.5. The van der Waals surface area contributed by atoms with Crippen molar-refractivity contribution in [1.29, 1.82) is 5.26 Å². The number of methoxy groups -OCH3 is 1. The lowest BCUT2D eigenvalue weighted by Crippen LogP contribution is -2.74. The molecular formula is C44H47ClN6O7. The molecule has 0 bridgehead atoms. The molecule has 1 unspecified atom stereocenters. The van der Waals surface area contributed by atoms with Gasteiger partial charge >= 0.3 is 0 Å². The van der Waals surface area contributed by atoms with Gasteiger partial charge < -0.3 is 19.7 Å². The first-order valence-corrected chi connectivity index (χ1v) is 20.1. The topological polar surface area (TPSA) is 161 Å². The van der Waals surface area contributed by atoms with Gasteiger partial charge in [0, 0.05) is 80.4 Å². The third-order valence-electron chi connectivity index (χ3n) is 13.1. The Kier molecular flexibility index (Phi) is 9.89. The molecule has 4 aliphatic heterocycles. The minimum Gasteiger partial charge on any atom is -0.489 e. The number of carbonyl (C=O) groups is 5. The maximum absolute atomic E-state index is 13.6. The first-order chi connectivity index (χ1) is 27.5. The van der Waals surface area contributed by atoms with Crippen LogP contribution in [-0.4, -0.2) is 89.9 Å². The molecule has 5 aliphatic rings. The molecule has 2 saturated heterocycles. The average molecular weight is 807 g/mol. The fourth-order valence-corrected chi connectivity index (χ4v) is 10.4. The molecule has 1 aliphatic carbocycles. The molecule has 14 heteroatoms. The lowest BCUT2D eigenvalue weighted by atomic mass is 9.49. The van der Waals surface area contributed by atoms with Crippen molar-refractivity contribution in [3.63, 3.8) is 0 Å². The number of carbonyl (C=O) groups excluding carboxylic acids is 5. The monoisotopic (exact) mass is 806 g/mol. The fraction of sp³-hybridized carbons (Fsp3) is 0.455. The van der Waals surface area contributed by atoms with Crippen molar-refractivity contribution in [3.05, 3.63) is 93.0 Å². The number of benzene rings is 3. The Labute approximate surface area is 342 Å². The first-order valence-electron chi connectivity index (χ1n) is 19.7. The number of ether oxygens (including phenoxy) is 2. The number of rotatable bonds is 9. The number of hydrogen-bond donors (Lipinski definition) is 2. The number of nitrogens with zero attached hydrogens (tertiary/aromatic N) is 4. The lowest BCUT2D eigenvalue weighted by Gasteiger charge is -2.63. The Morgan fingerprint density at radius 2 is 1.55 bits per heavy atom. The molecule has 0 spiro atoms. The van der Waals surface area contributed by atoms with Crippen molar-refractivity contribution >= 4 is 46.8 Å². The van der Waals surface area contributed by atoms with Crippen LogP contribution in [0.4, 0.5) is 5.69 Å². The van der Waals surface area contributed by atoms with Crippen LogP contribution in [0.5, 0.6) is 5.75 Å². The number of nitriles is 1. The first kappa shape index (κ1) is 39.5. The van der Waals surface area contributed by atoms with E-state index in [0.29, 0.717) is 52.7 Å². The van der Waals surface area contributed by atoms with Crippen LogP contribution in [0.25, 0.3) is 0 Å². The van der Waals surface area contributed by atoms with E-state index in [1.807, 2.05) is 24.3 Å². The molecule has 8 rings (SSSR count). The summed E-state index contributed by atoms with van der Waals surface area (Å²) in [5.74, 6) is -1.58. The molecular weight excluding hydrogens is 760 g/mol. The lowest BCUT2D eigenvalue weighted by molar-refractivity contribution is -0.164. The molecule has 1 atom stereocenters. The van der Waals surface area contributed by atoms with Gasteiger partial charge in [0.25, 0.3) is 17.7 Å². The molecule has 302 valence electrons. The predicted molar refractivity (Wildman–Crippen MR) is 214 cm³/mol. The van der Waals surface area contributed by atoms with Crippen LogP contribution in [0, 0.1) is 22.2 Å². The van der Waals surface area contributed by atoms with Gasteiger partial charge in [0.05, 0.1) is 27.3 Å². The highest BCUT2D eigenvalue weighted by Gasteiger charge is 2.64. The minimum atomic E-state index is -0.988. The van der Waals surface area contributed by atoms with Gasteiger partial charge in [-0.25, -0.2) is 0 Å². The van der Waals surface area contributed by atoms with Crippen LogP contribution < -0.4 is 20.3 Å². The van der Waals surface area contributed by atoms with Gasteiger partial charge in [-0.2, -0.15) is 5.26 Å². The molecule has 2 N–H and O–H groups in total. The number of anilines is 1. The van der Waals surface area contributed by atoms with Gasteiger partial charge in [0.15, 0.2) is 0 Å². The van der Waals surface area contributed by atoms with Gasteiger partial charge in [-0.05, 0) is 78.9 Å². The Balaban J connectivity index is 0.852.